The van der Waals surface area contributed by atoms with Crippen molar-refractivity contribution < 1.29 is 14.1 Å². The van der Waals surface area contributed by atoms with Crippen LogP contribution in [0.25, 0.3) is 0 Å². The molecular weight excluding hydrogens is 251 g/mol. The summed E-state index contributed by atoms with van der Waals surface area (Å²) in [5, 5.41) is 13.8. The van der Waals surface area contributed by atoms with Crippen LogP contribution in [-0.4, -0.2) is 24.6 Å². The molecule has 0 aliphatic heterocycles. The van der Waals surface area contributed by atoms with Crippen LogP contribution in [0, 0.1) is 28.8 Å². The van der Waals surface area contributed by atoms with Crippen molar-refractivity contribution in [2.75, 3.05) is 19.7 Å². The zero-order chi connectivity index (χ0) is 14.4. The normalized spacial score (nSPS) is 12.2. The van der Waals surface area contributed by atoms with Gasteiger partial charge in [0.05, 0.1) is 17.6 Å². The zero-order valence-corrected chi connectivity index (χ0v) is 11.4. The molecule has 0 aliphatic carbocycles. The summed E-state index contributed by atoms with van der Waals surface area (Å²) in [7, 11) is 0. The van der Waals surface area contributed by atoms with E-state index in [1.54, 1.807) is 6.92 Å². The molecular formula is C13H19FN2O3. The third-order valence-electron chi connectivity index (χ3n) is 2.71. The molecule has 0 heterocycles. The Bertz CT molecular complexity index is 452. The zero-order valence-electron chi connectivity index (χ0n) is 11.4. The lowest BCUT2D eigenvalue weighted by molar-refractivity contribution is -0.385. The number of halogens is 1. The Kier molecular flexibility index (Phi) is 5.69. The number of aryl methyl sites for hydroxylation is 1. The molecule has 106 valence electrons. The number of ether oxygens (including phenoxy) is 1. The van der Waals surface area contributed by atoms with E-state index < -0.39 is 10.7 Å². The molecule has 5 nitrogen and oxygen atoms in total. The van der Waals surface area contributed by atoms with E-state index >= 15 is 0 Å². The van der Waals surface area contributed by atoms with Gasteiger partial charge in [0.2, 0.25) is 0 Å². The summed E-state index contributed by atoms with van der Waals surface area (Å²) in [4.78, 5) is 10.1. The number of rotatable bonds is 7. The minimum Gasteiger partial charge on any atom is -0.490 e. The van der Waals surface area contributed by atoms with E-state index in [0.717, 1.165) is 19.2 Å². The Labute approximate surface area is 111 Å². The van der Waals surface area contributed by atoms with Crippen molar-refractivity contribution in [3.05, 3.63) is 33.6 Å². The minimum absolute atomic E-state index is 0.0615. The predicted octanol–water partition coefficient (Wildman–Crippen LogP) is 2.67. The number of nitrogens with one attached hydrogen (secondary N) is 1. The average molecular weight is 270 g/mol. The largest absolute Gasteiger partial charge is 0.490 e. The molecule has 0 fully saturated rings. The van der Waals surface area contributed by atoms with Crippen LogP contribution in [0.2, 0.25) is 0 Å². The second-order valence-electron chi connectivity index (χ2n) is 4.55. The first-order valence-corrected chi connectivity index (χ1v) is 6.23. The standard InChI is InChI=1S/C13H19FN2O3/c1-4-15-7-9(2)8-19-13-5-10(3)12(16(17)18)6-11(13)14/h5-6,9,15H,4,7-8H2,1-3H3. The van der Waals surface area contributed by atoms with Crippen molar-refractivity contribution >= 4 is 5.69 Å². The summed E-state index contributed by atoms with van der Waals surface area (Å²) in [5.41, 5.74) is 0.159. The monoisotopic (exact) mass is 270 g/mol. The minimum atomic E-state index is -0.701. The first-order chi connectivity index (χ1) is 8.95. The first kappa shape index (κ1) is 15.4. The predicted molar refractivity (Wildman–Crippen MR) is 71.0 cm³/mol. The fraction of sp³-hybridized carbons (Fsp3) is 0.538. The number of nitrogens with zero attached hydrogens (tertiary/aromatic N) is 1. The molecule has 0 radical (unpaired) electrons. The fourth-order valence-corrected chi connectivity index (χ4v) is 1.63. The summed E-state index contributed by atoms with van der Waals surface area (Å²) in [6.07, 6.45) is 0. The van der Waals surface area contributed by atoms with E-state index in [1.807, 2.05) is 13.8 Å². The van der Waals surface area contributed by atoms with Gasteiger partial charge in [-0.1, -0.05) is 13.8 Å². The molecule has 19 heavy (non-hydrogen) atoms. The molecule has 1 N–H and O–H groups in total. The number of nitro groups is 1. The fourth-order valence-electron chi connectivity index (χ4n) is 1.63. The third kappa shape index (κ3) is 4.48. The van der Waals surface area contributed by atoms with Crippen LogP contribution in [0.4, 0.5) is 10.1 Å². The van der Waals surface area contributed by atoms with Crippen molar-refractivity contribution in [3.8, 4) is 5.75 Å². The van der Waals surface area contributed by atoms with E-state index in [1.165, 1.54) is 6.07 Å². The van der Waals surface area contributed by atoms with Crippen molar-refractivity contribution in [2.45, 2.75) is 20.8 Å². The Morgan fingerprint density at radius 1 is 1.53 bits per heavy atom. The molecule has 1 rings (SSSR count). The molecule has 0 amide bonds. The lowest BCUT2D eigenvalue weighted by Crippen LogP contribution is -2.24. The quantitative estimate of drug-likeness (QED) is 0.611. The van der Waals surface area contributed by atoms with Gasteiger partial charge < -0.3 is 10.1 Å². The molecule has 1 atom stereocenters. The Hall–Kier alpha value is -1.69. The van der Waals surface area contributed by atoms with Gasteiger partial charge in [0, 0.05) is 18.0 Å². The van der Waals surface area contributed by atoms with Crippen LogP contribution in [0.3, 0.4) is 0 Å². The van der Waals surface area contributed by atoms with Gasteiger partial charge in [-0.05, 0) is 19.5 Å². The van der Waals surface area contributed by atoms with Gasteiger partial charge in [0.1, 0.15) is 0 Å². The van der Waals surface area contributed by atoms with E-state index in [9.17, 15) is 14.5 Å². The topological polar surface area (TPSA) is 64.4 Å². The number of benzene rings is 1. The average Bonchev–Trinajstić information content (AvgIpc) is 2.36. The van der Waals surface area contributed by atoms with E-state index in [-0.39, 0.29) is 17.4 Å². The number of hydrogen-bond donors (Lipinski definition) is 1. The van der Waals surface area contributed by atoms with Crippen LogP contribution in [0.5, 0.6) is 5.75 Å². The van der Waals surface area contributed by atoms with Crippen LogP contribution in [0.1, 0.15) is 19.4 Å². The van der Waals surface area contributed by atoms with Gasteiger partial charge in [-0.25, -0.2) is 4.39 Å². The van der Waals surface area contributed by atoms with Crippen LogP contribution in [-0.2, 0) is 0 Å². The molecule has 1 aromatic rings. The Balaban J connectivity index is 2.69. The molecule has 0 aromatic heterocycles. The molecule has 0 bridgehead atoms. The van der Waals surface area contributed by atoms with Crippen molar-refractivity contribution in [1.29, 1.82) is 0 Å². The summed E-state index contributed by atoms with van der Waals surface area (Å²) in [6.45, 7) is 7.57. The molecule has 6 heteroatoms. The van der Waals surface area contributed by atoms with Crippen molar-refractivity contribution in [3.63, 3.8) is 0 Å². The van der Waals surface area contributed by atoms with Gasteiger partial charge in [-0.15, -0.1) is 0 Å². The van der Waals surface area contributed by atoms with Crippen molar-refractivity contribution in [2.24, 2.45) is 5.92 Å². The summed E-state index contributed by atoms with van der Waals surface area (Å²) in [5.74, 6) is -0.408. The Morgan fingerprint density at radius 3 is 2.79 bits per heavy atom. The SMILES string of the molecule is CCNCC(C)COc1cc(C)c([N+](=O)[O-])cc1F. The molecule has 1 unspecified atom stereocenters. The van der Waals surface area contributed by atoms with E-state index in [4.69, 9.17) is 4.74 Å². The van der Waals surface area contributed by atoms with Crippen LogP contribution >= 0.6 is 0 Å². The van der Waals surface area contributed by atoms with Crippen LogP contribution in [0.15, 0.2) is 12.1 Å². The van der Waals surface area contributed by atoms with Gasteiger partial charge >= 0.3 is 0 Å². The molecule has 0 saturated heterocycles. The smallest absolute Gasteiger partial charge is 0.275 e. The van der Waals surface area contributed by atoms with Gasteiger partial charge in [0.25, 0.3) is 5.69 Å². The van der Waals surface area contributed by atoms with E-state index in [0.29, 0.717) is 12.2 Å². The van der Waals surface area contributed by atoms with Gasteiger partial charge in [0.15, 0.2) is 11.6 Å². The number of nitro benzene ring substituents is 1. The highest BCUT2D eigenvalue weighted by atomic mass is 19.1. The first-order valence-electron chi connectivity index (χ1n) is 6.23. The third-order valence-corrected chi connectivity index (χ3v) is 2.71. The maximum atomic E-state index is 13.6. The lowest BCUT2D eigenvalue weighted by Gasteiger charge is -2.14. The number of hydrogen-bond acceptors (Lipinski definition) is 4. The highest BCUT2D eigenvalue weighted by molar-refractivity contribution is 5.45. The molecule has 1 aromatic carbocycles. The maximum Gasteiger partial charge on any atom is 0.275 e. The van der Waals surface area contributed by atoms with Crippen molar-refractivity contribution in [1.82, 2.24) is 5.32 Å². The molecule has 0 aliphatic rings. The summed E-state index contributed by atoms with van der Waals surface area (Å²) in [6, 6.07) is 2.27. The summed E-state index contributed by atoms with van der Waals surface area (Å²) < 4.78 is 19.0. The Morgan fingerprint density at radius 2 is 2.21 bits per heavy atom. The van der Waals surface area contributed by atoms with E-state index in [2.05, 4.69) is 5.32 Å². The van der Waals surface area contributed by atoms with Crippen LogP contribution < -0.4 is 10.1 Å². The summed E-state index contributed by atoms with van der Waals surface area (Å²) >= 11 is 0. The van der Waals surface area contributed by atoms with Gasteiger partial charge in [-0.3, -0.25) is 10.1 Å². The van der Waals surface area contributed by atoms with Gasteiger partial charge in [-0.2, -0.15) is 0 Å². The maximum absolute atomic E-state index is 13.6. The lowest BCUT2D eigenvalue weighted by atomic mass is 10.1. The highest BCUT2D eigenvalue weighted by Crippen LogP contribution is 2.27. The highest BCUT2D eigenvalue weighted by Gasteiger charge is 2.16. The molecule has 0 spiro atoms. The second-order valence-corrected chi connectivity index (χ2v) is 4.55. The molecule has 0 saturated carbocycles. The second kappa shape index (κ2) is 7.04.